The summed E-state index contributed by atoms with van der Waals surface area (Å²) >= 11 is 1.08. The SMILES string of the molecule is CCCCOC(=O)c1ccc(NC(=O)CSc2nnnn2-c2ccccc2F)cc1. The highest BCUT2D eigenvalue weighted by molar-refractivity contribution is 7.99. The van der Waals surface area contributed by atoms with Crippen molar-refractivity contribution in [3.8, 4) is 5.69 Å². The molecule has 0 radical (unpaired) electrons. The second-order valence-corrected chi connectivity index (χ2v) is 7.17. The predicted octanol–water partition coefficient (Wildman–Crippen LogP) is 3.49. The van der Waals surface area contributed by atoms with Crippen LogP contribution in [0, 0.1) is 5.82 Å². The molecule has 0 spiro atoms. The fourth-order valence-corrected chi connectivity index (χ4v) is 3.14. The largest absolute Gasteiger partial charge is 0.462 e. The number of carbonyl (C=O) groups is 2. The van der Waals surface area contributed by atoms with Crippen LogP contribution in [0.4, 0.5) is 10.1 Å². The summed E-state index contributed by atoms with van der Waals surface area (Å²) < 4.78 is 20.3. The number of hydrogen-bond acceptors (Lipinski definition) is 7. The normalized spacial score (nSPS) is 10.6. The van der Waals surface area contributed by atoms with Crippen molar-refractivity contribution in [3.63, 3.8) is 0 Å². The van der Waals surface area contributed by atoms with Crippen molar-refractivity contribution < 1.29 is 18.7 Å². The van der Waals surface area contributed by atoms with Crippen molar-refractivity contribution in [2.75, 3.05) is 17.7 Å². The summed E-state index contributed by atoms with van der Waals surface area (Å²) in [6.07, 6.45) is 1.76. The lowest BCUT2D eigenvalue weighted by atomic mass is 10.2. The molecule has 3 rings (SSSR count). The summed E-state index contributed by atoms with van der Waals surface area (Å²) in [6.45, 7) is 2.40. The van der Waals surface area contributed by atoms with E-state index < -0.39 is 11.8 Å². The van der Waals surface area contributed by atoms with Gasteiger partial charge < -0.3 is 10.1 Å². The molecule has 1 amide bonds. The third-order valence-corrected chi connectivity index (χ3v) is 4.91. The maximum atomic E-state index is 14.0. The molecule has 0 fully saturated rings. The third-order valence-electron chi connectivity index (χ3n) is 3.99. The second kappa shape index (κ2) is 10.5. The van der Waals surface area contributed by atoms with Crippen molar-refractivity contribution in [2.24, 2.45) is 0 Å². The molecule has 0 bridgehead atoms. The van der Waals surface area contributed by atoms with Crippen molar-refractivity contribution in [3.05, 3.63) is 59.9 Å². The lowest BCUT2D eigenvalue weighted by molar-refractivity contribution is -0.113. The predicted molar refractivity (Wildman–Crippen MR) is 110 cm³/mol. The number of benzene rings is 2. The first-order valence-electron chi connectivity index (χ1n) is 9.31. The number of nitrogens with one attached hydrogen (secondary N) is 1. The molecule has 0 saturated carbocycles. The molecule has 8 nitrogen and oxygen atoms in total. The van der Waals surface area contributed by atoms with Crippen molar-refractivity contribution in [2.45, 2.75) is 24.9 Å². The molecule has 0 aliphatic rings. The highest BCUT2D eigenvalue weighted by atomic mass is 32.2. The van der Waals surface area contributed by atoms with Crippen LogP contribution in [0.1, 0.15) is 30.1 Å². The highest BCUT2D eigenvalue weighted by Crippen LogP contribution is 2.20. The minimum Gasteiger partial charge on any atom is -0.462 e. The number of amides is 1. The Morgan fingerprint density at radius 2 is 1.93 bits per heavy atom. The fraction of sp³-hybridized carbons (Fsp3) is 0.250. The number of nitrogens with zero attached hydrogens (tertiary/aromatic N) is 4. The number of aromatic nitrogens is 4. The van der Waals surface area contributed by atoms with Crippen LogP contribution in [0.2, 0.25) is 0 Å². The Kier molecular flexibility index (Phi) is 7.50. The number of anilines is 1. The molecule has 1 heterocycles. The summed E-state index contributed by atoms with van der Waals surface area (Å²) in [7, 11) is 0. The van der Waals surface area contributed by atoms with Crippen molar-refractivity contribution >= 4 is 29.3 Å². The topological polar surface area (TPSA) is 99.0 Å². The quantitative estimate of drug-likeness (QED) is 0.316. The van der Waals surface area contributed by atoms with Gasteiger partial charge in [-0.25, -0.2) is 9.18 Å². The van der Waals surface area contributed by atoms with Crippen molar-refractivity contribution in [1.29, 1.82) is 0 Å². The van der Waals surface area contributed by atoms with E-state index in [0.29, 0.717) is 23.0 Å². The van der Waals surface area contributed by atoms with Crippen LogP contribution >= 0.6 is 11.8 Å². The molecule has 3 aromatic rings. The van der Waals surface area contributed by atoms with E-state index in [2.05, 4.69) is 20.8 Å². The van der Waals surface area contributed by atoms with Gasteiger partial charge in [-0.2, -0.15) is 4.68 Å². The zero-order valence-electron chi connectivity index (χ0n) is 16.2. The van der Waals surface area contributed by atoms with Gasteiger partial charge in [0.05, 0.1) is 17.9 Å². The first-order chi connectivity index (χ1) is 14.6. The van der Waals surface area contributed by atoms with Crippen LogP contribution < -0.4 is 5.32 Å². The first-order valence-corrected chi connectivity index (χ1v) is 10.3. The minimum absolute atomic E-state index is 0.0234. The molecule has 0 atom stereocenters. The Bertz CT molecular complexity index is 1010. The number of ether oxygens (including phenoxy) is 1. The molecule has 1 aromatic heterocycles. The van der Waals surface area contributed by atoms with Gasteiger partial charge in [-0.05, 0) is 53.2 Å². The number of unbranched alkanes of at least 4 members (excludes halogenated alkanes) is 1. The molecule has 0 aliphatic carbocycles. The van der Waals surface area contributed by atoms with E-state index in [9.17, 15) is 14.0 Å². The number of carbonyl (C=O) groups excluding carboxylic acids is 2. The van der Waals surface area contributed by atoms with Gasteiger partial charge in [0.1, 0.15) is 11.5 Å². The summed E-state index contributed by atoms with van der Waals surface area (Å²) in [4.78, 5) is 24.1. The molecule has 0 saturated heterocycles. The Balaban J connectivity index is 1.54. The zero-order valence-corrected chi connectivity index (χ0v) is 17.1. The second-order valence-electron chi connectivity index (χ2n) is 6.23. The summed E-state index contributed by atoms with van der Waals surface area (Å²) in [5, 5.41) is 14.2. The molecule has 156 valence electrons. The monoisotopic (exact) mass is 429 g/mol. The van der Waals surface area contributed by atoms with Crippen LogP contribution in [-0.2, 0) is 9.53 Å². The number of rotatable bonds is 9. The van der Waals surface area contributed by atoms with Gasteiger partial charge >= 0.3 is 5.97 Å². The molecule has 10 heteroatoms. The number of para-hydroxylation sites is 1. The standard InChI is InChI=1S/C20H20FN5O3S/c1-2-3-12-29-19(28)14-8-10-15(11-9-14)22-18(27)13-30-20-23-24-25-26(20)17-7-5-4-6-16(17)21/h4-11H,2-3,12-13H2,1H3,(H,22,27). The molecule has 30 heavy (non-hydrogen) atoms. The number of tetrazole rings is 1. The molecule has 1 N–H and O–H groups in total. The van der Waals surface area contributed by atoms with Gasteiger partial charge in [-0.1, -0.05) is 37.2 Å². The minimum atomic E-state index is -0.468. The average molecular weight is 429 g/mol. The Morgan fingerprint density at radius 3 is 2.67 bits per heavy atom. The Morgan fingerprint density at radius 1 is 1.17 bits per heavy atom. The molecule has 2 aromatic carbocycles. The number of esters is 1. The van der Waals surface area contributed by atoms with Gasteiger partial charge in [0.15, 0.2) is 0 Å². The summed E-state index contributed by atoms with van der Waals surface area (Å²) in [6, 6.07) is 12.5. The lowest BCUT2D eigenvalue weighted by Gasteiger charge is -2.07. The van der Waals surface area contributed by atoms with E-state index in [-0.39, 0.29) is 17.3 Å². The van der Waals surface area contributed by atoms with Crippen molar-refractivity contribution in [1.82, 2.24) is 20.2 Å². The Labute approximate surface area is 176 Å². The van der Waals surface area contributed by atoms with Gasteiger partial charge in [-0.15, -0.1) is 5.10 Å². The number of halogens is 1. The van der Waals surface area contributed by atoms with Gasteiger partial charge in [-0.3, -0.25) is 4.79 Å². The van der Waals surface area contributed by atoms with Crippen LogP contribution in [0.5, 0.6) is 0 Å². The van der Waals surface area contributed by atoms with E-state index in [4.69, 9.17) is 4.74 Å². The van der Waals surface area contributed by atoms with Gasteiger partial charge in [0.2, 0.25) is 11.1 Å². The molecular formula is C20H20FN5O3S. The fourth-order valence-electron chi connectivity index (χ4n) is 2.45. The van der Waals surface area contributed by atoms with Crippen LogP contribution in [0.3, 0.4) is 0 Å². The van der Waals surface area contributed by atoms with E-state index in [0.717, 1.165) is 24.6 Å². The maximum absolute atomic E-state index is 14.0. The lowest BCUT2D eigenvalue weighted by Crippen LogP contribution is -2.15. The smallest absolute Gasteiger partial charge is 0.338 e. The van der Waals surface area contributed by atoms with E-state index in [1.54, 1.807) is 42.5 Å². The zero-order chi connectivity index (χ0) is 21.3. The van der Waals surface area contributed by atoms with Crippen LogP contribution in [0.15, 0.2) is 53.7 Å². The maximum Gasteiger partial charge on any atom is 0.338 e. The Hall–Kier alpha value is -3.27. The molecule has 0 aliphatic heterocycles. The molecular weight excluding hydrogens is 409 g/mol. The summed E-state index contributed by atoms with van der Waals surface area (Å²) in [5.41, 5.74) is 1.16. The highest BCUT2D eigenvalue weighted by Gasteiger charge is 2.14. The van der Waals surface area contributed by atoms with E-state index in [1.807, 2.05) is 6.92 Å². The average Bonchev–Trinajstić information content (AvgIpc) is 3.21. The van der Waals surface area contributed by atoms with E-state index in [1.165, 1.54) is 10.7 Å². The van der Waals surface area contributed by atoms with E-state index >= 15 is 0 Å². The third kappa shape index (κ3) is 5.63. The van der Waals surface area contributed by atoms with Crippen LogP contribution in [-0.4, -0.2) is 44.4 Å². The van der Waals surface area contributed by atoms with Gasteiger partial charge in [0.25, 0.3) is 0 Å². The first kappa shape index (κ1) is 21.4. The number of thioether (sulfide) groups is 1. The van der Waals surface area contributed by atoms with Gasteiger partial charge in [0, 0.05) is 5.69 Å². The molecule has 0 unspecified atom stereocenters. The summed E-state index contributed by atoms with van der Waals surface area (Å²) in [5.74, 6) is -1.13. The number of hydrogen-bond donors (Lipinski definition) is 1. The van der Waals surface area contributed by atoms with Crippen LogP contribution in [0.25, 0.3) is 5.69 Å².